The highest BCUT2D eigenvalue weighted by atomic mass is 35.5. The number of hydrogen-bond donors (Lipinski definition) is 0. The summed E-state index contributed by atoms with van der Waals surface area (Å²) in [6.07, 6.45) is 4.49. The number of halogens is 2. The lowest BCUT2D eigenvalue weighted by molar-refractivity contribution is -0.131. The number of rotatable bonds is 7. The van der Waals surface area contributed by atoms with Crippen LogP contribution >= 0.6 is 12.4 Å². The maximum absolute atomic E-state index is 13.1. The van der Waals surface area contributed by atoms with E-state index in [1.54, 1.807) is 14.2 Å². The van der Waals surface area contributed by atoms with Gasteiger partial charge in [0.2, 0.25) is 5.91 Å². The van der Waals surface area contributed by atoms with E-state index in [0.29, 0.717) is 18.1 Å². The Morgan fingerprint density at radius 3 is 2.42 bits per heavy atom. The van der Waals surface area contributed by atoms with Crippen molar-refractivity contribution in [1.82, 2.24) is 9.80 Å². The Morgan fingerprint density at radius 2 is 1.73 bits per heavy atom. The molecule has 0 bridgehead atoms. The van der Waals surface area contributed by atoms with Gasteiger partial charge in [0, 0.05) is 26.2 Å². The van der Waals surface area contributed by atoms with E-state index < -0.39 is 0 Å². The summed E-state index contributed by atoms with van der Waals surface area (Å²) in [5.41, 5.74) is 3.38. The summed E-state index contributed by atoms with van der Waals surface area (Å²) in [5.74, 6) is 1.89. The van der Waals surface area contributed by atoms with E-state index in [1.807, 2.05) is 29.2 Å². The number of likely N-dealkylation sites (tertiary alicyclic amines) is 1. The average Bonchev–Trinajstić information content (AvgIpc) is 2.96. The minimum Gasteiger partial charge on any atom is -0.493 e. The Labute approximate surface area is 202 Å². The molecule has 1 unspecified atom stereocenters. The molecule has 1 atom stereocenters. The summed E-state index contributed by atoms with van der Waals surface area (Å²) < 4.78 is 24.0. The number of nitrogens with zero attached hydrogens (tertiary/aromatic N) is 2. The van der Waals surface area contributed by atoms with Crippen LogP contribution in [0.25, 0.3) is 0 Å². The van der Waals surface area contributed by atoms with Gasteiger partial charge in [0.15, 0.2) is 11.5 Å². The largest absolute Gasteiger partial charge is 0.493 e. The lowest BCUT2D eigenvalue weighted by Gasteiger charge is -2.35. The fraction of sp³-hybridized carbons (Fsp3) is 0.500. The number of fused-ring (bicyclic) bond motifs is 1. The lowest BCUT2D eigenvalue weighted by Crippen LogP contribution is -2.44. The summed E-state index contributed by atoms with van der Waals surface area (Å²) >= 11 is 0. The molecule has 2 aliphatic rings. The zero-order valence-corrected chi connectivity index (χ0v) is 20.3. The summed E-state index contributed by atoms with van der Waals surface area (Å²) in [6.45, 7) is 4.64. The molecule has 180 valence electrons. The van der Waals surface area contributed by atoms with Crippen LogP contribution in [0.5, 0.6) is 11.5 Å². The minimum atomic E-state index is -0.187. The molecule has 0 aliphatic carbocycles. The number of benzene rings is 2. The smallest absolute Gasteiger partial charge is 0.227 e. The first-order chi connectivity index (χ1) is 15.6. The van der Waals surface area contributed by atoms with E-state index in [-0.39, 0.29) is 24.1 Å². The van der Waals surface area contributed by atoms with E-state index in [0.717, 1.165) is 69.7 Å². The zero-order valence-electron chi connectivity index (χ0n) is 19.5. The normalized spacial score (nSPS) is 18.8. The summed E-state index contributed by atoms with van der Waals surface area (Å²) in [4.78, 5) is 17.6. The number of ether oxygens (including phenoxy) is 2. The Balaban J connectivity index is 0.00000306. The van der Waals surface area contributed by atoms with Gasteiger partial charge in [-0.05, 0) is 79.1 Å². The summed E-state index contributed by atoms with van der Waals surface area (Å²) in [7, 11) is 3.27. The molecule has 1 amide bonds. The molecular formula is C26H34ClFN2O3. The van der Waals surface area contributed by atoms with Crippen LogP contribution in [0.15, 0.2) is 36.4 Å². The molecule has 2 aromatic carbocycles. The van der Waals surface area contributed by atoms with Crippen LogP contribution < -0.4 is 9.47 Å². The van der Waals surface area contributed by atoms with E-state index in [1.165, 1.54) is 23.3 Å². The highest BCUT2D eigenvalue weighted by molar-refractivity contribution is 5.85. The molecule has 2 aliphatic heterocycles. The van der Waals surface area contributed by atoms with Gasteiger partial charge in [0.1, 0.15) is 5.82 Å². The fourth-order valence-electron chi connectivity index (χ4n) is 4.96. The molecule has 2 aromatic rings. The third kappa shape index (κ3) is 6.39. The van der Waals surface area contributed by atoms with Crippen molar-refractivity contribution in [3.05, 3.63) is 58.9 Å². The molecule has 5 nitrogen and oxygen atoms in total. The summed E-state index contributed by atoms with van der Waals surface area (Å²) in [6, 6.07) is 10.8. The second-order valence-electron chi connectivity index (χ2n) is 8.93. The molecule has 0 N–H and O–H groups in total. The molecule has 33 heavy (non-hydrogen) atoms. The van der Waals surface area contributed by atoms with E-state index in [4.69, 9.17) is 9.47 Å². The Morgan fingerprint density at radius 1 is 1.03 bits per heavy atom. The number of piperidine rings is 1. The predicted molar refractivity (Wildman–Crippen MR) is 130 cm³/mol. The first kappa shape index (κ1) is 25.3. The average molecular weight is 477 g/mol. The first-order valence-electron chi connectivity index (χ1n) is 11.5. The first-order valence-corrected chi connectivity index (χ1v) is 11.5. The van der Waals surface area contributed by atoms with Crippen molar-refractivity contribution >= 4 is 18.3 Å². The number of amides is 1. The van der Waals surface area contributed by atoms with Gasteiger partial charge < -0.3 is 19.3 Å². The maximum Gasteiger partial charge on any atom is 0.227 e. The lowest BCUT2D eigenvalue weighted by atomic mass is 9.96. The van der Waals surface area contributed by atoms with E-state index in [9.17, 15) is 9.18 Å². The highest BCUT2D eigenvalue weighted by Crippen LogP contribution is 2.32. The van der Waals surface area contributed by atoms with Crippen LogP contribution in [0, 0.1) is 11.7 Å². The minimum absolute atomic E-state index is 0. The number of hydrogen-bond acceptors (Lipinski definition) is 4. The van der Waals surface area contributed by atoms with Gasteiger partial charge in [-0.3, -0.25) is 4.79 Å². The van der Waals surface area contributed by atoms with E-state index >= 15 is 0 Å². The van der Waals surface area contributed by atoms with Crippen LogP contribution in [0.3, 0.4) is 0 Å². The van der Waals surface area contributed by atoms with Crippen molar-refractivity contribution in [2.24, 2.45) is 5.92 Å². The topological polar surface area (TPSA) is 42.0 Å². The van der Waals surface area contributed by atoms with Crippen molar-refractivity contribution in [1.29, 1.82) is 0 Å². The predicted octanol–water partition coefficient (Wildman–Crippen LogP) is 4.15. The standard InChI is InChI=1S/C26H33FN2O3.ClH/c1-31-24-14-21-10-13-29(26(30)16-22(21)15-25(24)32-2)18-20-4-3-11-28(17-20)12-9-19-5-7-23(27)8-6-19;/h5-8,14-15,20H,3-4,9-13,16-18H2,1-2H3;1H. The molecule has 0 radical (unpaired) electrons. The SMILES string of the molecule is COc1cc2c(cc1OC)CC(=O)N(CC1CCCN(CCc3ccc(F)cc3)C1)CC2.Cl. The maximum atomic E-state index is 13.1. The molecule has 1 fully saturated rings. The zero-order chi connectivity index (χ0) is 22.5. The van der Waals surface area contributed by atoms with Gasteiger partial charge in [-0.1, -0.05) is 12.1 Å². The summed E-state index contributed by atoms with van der Waals surface area (Å²) in [5, 5.41) is 0. The molecule has 0 spiro atoms. The third-order valence-corrected chi connectivity index (χ3v) is 6.76. The second kappa shape index (κ2) is 11.7. The Bertz CT molecular complexity index is 938. The highest BCUT2D eigenvalue weighted by Gasteiger charge is 2.27. The number of carbonyl (C=O) groups is 1. The molecule has 2 heterocycles. The van der Waals surface area contributed by atoms with Gasteiger partial charge in [-0.15, -0.1) is 12.4 Å². The van der Waals surface area contributed by atoms with Gasteiger partial charge in [0.05, 0.1) is 20.6 Å². The van der Waals surface area contributed by atoms with Gasteiger partial charge >= 0.3 is 0 Å². The quantitative estimate of drug-likeness (QED) is 0.602. The molecular weight excluding hydrogens is 443 g/mol. The Hall–Kier alpha value is -2.31. The van der Waals surface area contributed by atoms with Crippen LogP contribution in [-0.4, -0.2) is 62.7 Å². The Kier molecular flexibility index (Phi) is 8.98. The van der Waals surface area contributed by atoms with Crippen molar-refractivity contribution in [2.75, 3.05) is 46.9 Å². The fourth-order valence-corrected chi connectivity index (χ4v) is 4.96. The van der Waals surface area contributed by atoms with Crippen molar-refractivity contribution < 1.29 is 18.7 Å². The van der Waals surface area contributed by atoms with Crippen molar-refractivity contribution in [3.8, 4) is 11.5 Å². The second-order valence-corrected chi connectivity index (χ2v) is 8.93. The van der Waals surface area contributed by atoms with Crippen LogP contribution in [-0.2, 0) is 24.1 Å². The molecule has 1 saturated heterocycles. The number of methoxy groups -OCH3 is 2. The molecule has 7 heteroatoms. The molecule has 0 aromatic heterocycles. The monoisotopic (exact) mass is 476 g/mol. The van der Waals surface area contributed by atoms with Gasteiger partial charge in [-0.25, -0.2) is 4.39 Å². The van der Waals surface area contributed by atoms with Crippen LogP contribution in [0.1, 0.15) is 29.5 Å². The van der Waals surface area contributed by atoms with E-state index in [2.05, 4.69) is 4.90 Å². The van der Waals surface area contributed by atoms with Gasteiger partial charge in [-0.2, -0.15) is 0 Å². The van der Waals surface area contributed by atoms with Gasteiger partial charge in [0.25, 0.3) is 0 Å². The van der Waals surface area contributed by atoms with Crippen molar-refractivity contribution in [2.45, 2.75) is 32.1 Å². The van der Waals surface area contributed by atoms with Crippen molar-refractivity contribution in [3.63, 3.8) is 0 Å². The number of carbonyl (C=O) groups excluding carboxylic acids is 1. The molecule has 4 rings (SSSR count). The van der Waals surface area contributed by atoms with Crippen LogP contribution in [0.2, 0.25) is 0 Å². The van der Waals surface area contributed by atoms with Crippen LogP contribution in [0.4, 0.5) is 4.39 Å². The third-order valence-electron chi connectivity index (χ3n) is 6.76. The molecule has 0 saturated carbocycles.